The lowest BCUT2D eigenvalue weighted by atomic mass is 9.95. The maximum absolute atomic E-state index is 13.0. The first kappa shape index (κ1) is 16.2. The maximum atomic E-state index is 13.0. The normalized spacial score (nSPS) is 28.2. The quantitative estimate of drug-likeness (QED) is 0.852. The van der Waals surface area contributed by atoms with Crippen molar-refractivity contribution in [3.63, 3.8) is 0 Å². The number of nitrogens with zero attached hydrogens (tertiary/aromatic N) is 3. The van der Waals surface area contributed by atoms with Gasteiger partial charge in [-0.15, -0.1) is 0 Å². The summed E-state index contributed by atoms with van der Waals surface area (Å²) in [6.07, 6.45) is 9.45. The molecule has 1 aromatic heterocycles. The summed E-state index contributed by atoms with van der Waals surface area (Å²) >= 11 is 0. The number of piperidine rings is 1. The largest absolute Gasteiger partial charge is 0.348 e. The molecule has 4 heteroatoms. The lowest BCUT2D eigenvalue weighted by molar-refractivity contribution is 0.0736. The van der Waals surface area contributed by atoms with Gasteiger partial charge in [-0.25, -0.2) is 0 Å². The van der Waals surface area contributed by atoms with Crippen molar-refractivity contribution in [3.05, 3.63) is 24.0 Å². The minimum Gasteiger partial charge on any atom is -0.348 e. The molecule has 4 aliphatic rings. The molecular formula is C20H31N3O. The zero-order valence-corrected chi connectivity index (χ0v) is 15.4. The molecule has 1 amide bonds. The van der Waals surface area contributed by atoms with Gasteiger partial charge in [-0.3, -0.25) is 9.69 Å². The van der Waals surface area contributed by atoms with Crippen LogP contribution in [0.5, 0.6) is 0 Å². The van der Waals surface area contributed by atoms with Gasteiger partial charge in [0.25, 0.3) is 5.91 Å². The van der Waals surface area contributed by atoms with Gasteiger partial charge in [0.05, 0.1) is 5.56 Å². The van der Waals surface area contributed by atoms with Crippen molar-refractivity contribution < 1.29 is 4.79 Å². The van der Waals surface area contributed by atoms with Crippen LogP contribution in [0, 0.1) is 11.8 Å². The molecule has 5 rings (SSSR count). The van der Waals surface area contributed by atoms with Crippen LogP contribution in [0.3, 0.4) is 0 Å². The van der Waals surface area contributed by atoms with Crippen LogP contribution in [0.25, 0.3) is 0 Å². The molecule has 0 N–H and O–H groups in total. The summed E-state index contributed by atoms with van der Waals surface area (Å²) in [5.41, 5.74) is 0.872. The van der Waals surface area contributed by atoms with E-state index in [1.807, 2.05) is 18.5 Å². The molecule has 4 heterocycles. The Labute approximate surface area is 145 Å². The molecule has 1 aromatic rings. The second-order valence-corrected chi connectivity index (χ2v) is 9.18. The summed E-state index contributed by atoms with van der Waals surface area (Å²) < 4.78 is 2.14. The molecule has 4 fully saturated rings. The Hall–Kier alpha value is -1.29. The number of carbonyl (C=O) groups excluding carboxylic acids is 1. The van der Waals surface area contributed by atoms with Crippen LogP contribution in [0.1, 0.15) is 56.8 Å². The van der Waals surface area contributed by atoms with Crippen LogP contribution >= 0.6 is 0 Å². The molecule has 3 saturated heterocycles. The second-order valence-electron chi connectivity index (χ2n) is 9.18. The molecule has 2 bridgehead atoms. The molecule has 4 nitrogen and oxygen atoms in total. The molecule has 0 aromatic carbocycles. The summed E-state index contributed by atoms with van der Waals surface area (Å²) in [5, 5.41) is 0. The van der Waals surface area contributed by atoms with Crippen LogP contribution in [0.15, 0.2) is 18.5 Å². The van der Waals surface area contributed by atoms with E-state index in [-0.39, 0.29) is 11.4 Å². The van der Waals surface area contributed by atoms with Gasteiger partial charge in [-0.05, 0) is 64.4 Å². The van der Waals surface area contributed by atoms with Crippen LogP contribution < -0.4 is 0 Å². The zero-order valence-electron chi connectivity index (χ0n) is 15.4. The van der Waals surface area contributed by atoms with Gasteiger partial charge in [0.15, 0.2) is 0 Å². The molecule has 3 aliphatic heterocycles. The lowest BCUT2D eigenvalue weighted by Crippen LogP contribution is -2.45. The Balaban J connectivity index is 1.48. The van der Waals surface area contributed by atoms with E-state index in [9.17, 15) is 4.79 Å². The van der Waals surface area contributed by atoms with Gasteiger partial charge in [0, 0.05) is 50.2 Å². The fraction of sp³-hybridized carbons (Fsp3) is 0.750. The highest BCUT2D eigenvalue weighted by molar-refractivity contribution is 5.94. The Morgan fingerprint density at radius 1 is 1.12 bits per heavy atom. The molecule has 0 unspecified atom stereocenters. The molecule has 0 spiro atoms. The van der Waals surface area contributed by atoms with Gasteiger partial charge in [0.1, 0.15) is 0 Å². The lowest BCUT2D eigenvalue weighted by Gasteiger charge is -2.36. The zero-order chi connectivity index (χ0) is 16.9. The van der Waals surface area contributed by atoms with Crippen LogP contribution in [-0.4, -0.2) is 52.5 Å². The van der Waals surface area contributed by atoms with Crippen molar-refractivity contribution >= 4 is 5.91 Å². The topological polar surface area (TPSA) is 28.5 Å². The smallest absolute Gasteiger partial charge is 0.255 e. The highest BCUT2D eigenvalue weighted by atomic mass is 16.2. The number of hydrogen-bond acceptors (Lipinski definition) is 2. The van der Waals surface area contributed by atoms with Crippen molar-refractivity contribution in [2.75, 3.05) is 26.2 Å². The van der Waals surface area contributed by atoms with E-state index in [1.165, 1.54) is 38.8 Å². The van der Waals surface area contributed by atoms with Crippen LogP contribution in [0.4, 0.5) is 0 Å². The van der Waals surface area contributed by atoms with Gasteiger partial charge in [-0.1, -0.05) is 0 Å². The summed E-state index contributed by atoms with van der Waals surface area (Å²) in [5.74, 6) is 1.83. The Morgan fingerprint density at radius 3 is 2.58 bits per heavy atom. The SMILES string of the molecule is CC(C)(C)n1ccc(C(=O)N2C[C@H]3CC[C@@H](C2)N(CC2CC2)C3)c1. The standard InChI is InChI=1S/C20H31N3O/c1-20(2,3)23-9-8-17(13-23)19(24)22-12-16-6-7-18(14-22)21(11-16)10-15-4-5-15/h8-9,13,15-16,18H,4-7,10-12,14H2,1-3H3/t16-,18-/m0/s1. The summed E-state index contributed by atoms with van der Waals surface area (Å²) in [6, 6.07) is 2.57. The second kappa shape index (κ2) is 5.91. The number of rotatable bonds is 3. The third-order valence-electron chi connectivity index (χ3n) is 6.02. The fourth-order valence-corrected chi connectivity index (χ4v) is 4.32. The first-order valence-electron chi connectivity index (χ1n) is 9.62. The number of aromatic nitrogens is 1. The number of hydrogen-bond donors (Lipinski definition) is 0. The van der Waals surface area contributed by atoms with E-state index >= 15 is 0 Å². The minimum atomic E-state index is 0.0252. The van der Waals surface area contributed by atoms with Crippen molar-refractivity contribution in [1.29, 1.82) is 0 Å². The van der Waals surface area contributed by atoms with Gasteiger partial charge in [-0.2, -0.15) is 0 Å². The van der Waals surface area contributed by atoms with Gasteiger partial charge in [0.2, 0.25) is 0 Å². The Morgan fingerprint density at radius 2 is 1.92 bits per heavy atom. The van der Waals surface area contributed by atoms with Gasteiger partial charge < -0.3 is 9.47 Å². The van der Waals surface area contributed by atoms with E-state index < -0.39 is 0 Å². The third kappa shape index (κ3) is 3.26. The molecule has 132 valence electrons. The number of amides is 1. The first-order valence-corrected chi connectivity index (χ1v) is 9.62. The van der Waals surface area contributed by atoms with Crippen LogP contribution in [0.2, 0.25) is 0 Å². The predicted molar refractivity (Wildman–Crippen MR) is 96.1 cm³/mol. The van der Waals surface area contributed by atoms with E-state index in [0.29, 0.717) is 12.0 Å². The summed E-state index contributed by atoms with van der Waals surface area (Å²) in [7, 11) is 0. The highest BCUT2D eigenvalue weighted by Gasteiger charge is 2.38. The average molecular weight is 329 g/mol. The van der Waals surface area contributed by atoms with E-state index in [1.54, 1.807) is 0 Å². The highest BCUT2D eigenvalue weighted by Crippen LogP contribution is 2.35. The van der Waals surface area contributed by atoms with Gasteiger partial charge >= 0.3 is 0 Å². The predicted octanol–water partition coefficient (Wildman–Crippen LogP) is 3.19. The maximum Gasteiger partial charge on any atom is 0.255 e. The molecule has 2 atom stereocenters. The monoisotopic (exact) mass is 329 g/mol. The molecule has 1 saturated carbocycles. The minimum absolute atomic E-state index is 0.0252. The third-order valence-corrected chi connectivity index (χ3v) is 6.02. The molecule has 24 heavy (non-hydrogen) atoms. The Bertz CT molecular complexity index is 611. The molecular weight excluding hydrogens is 298 g/mol. The van der Waals surface area contributed by atoms with Crippen LogP contribution in [-0.2, 0) is 5.54 Å². The summed E-state index contributed by atoms with van der Waals surface area (Å²) in [6.45, 7) is 10.8. The number of fused-ring (bicyclic) bond motifs is 4. The van der Waals surface area contributed by atoms with E-state index in [4.69, 9.17) is 0 Å². The van der Waals surface area contributed by atoms with Crippen molar-refractivity contribution in [3.8, 4) is 0 Å². The number of carbonyl (C=O) groups is 1. The van der Waals surface area contributed by atoms with E-state index in [0.717, 1.165) is 24.6 Å². The average Bonchev–Trinajstić information content (AvgIpc) is 3.26. The first-order chi connectivity index (χ1) is 11.4. The molecule has 1 aliphatic carbocycles. The van der Waals surface area contributed by atoms with E-state index in [2.05, 4.69) is 35.1 Å². The molecule has 0 radical (unpaired) electrons. The fourth-order valence-electron chi connectivity index (χ4n) is 4.32. The Kier molecular flexibility index (Phi) is 3.98. The van der Waals surface area contributed by atoms with Crippen molar-refractivity contribution in [1.82, 2.24) is 14.4 Å². The van der Waals surface area contributed by atoms with Crippen molar-refractivity contribution in [2.45, 2.75) is 58.0 Å². The van der Waals surface area contributed by atoms with Crippen molar-refractivity contribution in [2.24, 2.45) is 11.8 Å². The summed E-state index contributed by atoms with van der Waals surface area (Å²) in [4.78, 5) is 17.9.